The van der Waals surface area contributed by atoms with E-state index in [0.717, 1.165) is 54.8 Å². The average Bonchev–Trinajstić information content (AvgIpc) is 3.55. The van der Waals surface area contributed by atoms with Crippen LogP contribution >= 0.6 is 0 Å². The fourth-order valence-corrected chi connectivity index (χ4v) is 4.04. The first-order valence-corrected chi connectivity index (χ1v) is 11.5. The van der Waals surface area contributed by atoms with E-state index in [2.05, 4.69) is 48.0 Å². The van der Waals surface area contributed by atoms with Gasteiger partial charge in [-0.25, -0.2) is 4.98 Å². The van der Waals surface area contributed by atoms with Gasteiger partial charge < -0.3 is 14.6 Å². The minimum Gasteiger partial charge on any atom is -0.493 e. The summed E-state index contributed by atoms with van der Waals surface area (Å²) in [5.41, 5.74) is 3.36. The molecule has 1 heterocycles. The first-order chi connectivity index (χ1) is 15.0. The van der Waals surface area contributed by atoms with Crippen molar-refractivity contribution in [2.24, 2.45) is 5.92 Å². The Labute approximate surface area is 184 Å². The first kappa shape index (κ1) is 21.4. The second-order valence-corrected chi connectivity index (χ2v) is 8.86. The Kier molecular flexibility index (Phi) is 6.59. The number of hydrogen-bond donors (Lipinski definition) is 1. The van der Waals surface area contributed by atoms with Crippen LogP contribution in [-0.4, -0.2) is 22.1 Å². The number of hydrogen-bond acceptors (Lipinski definition) is 3. The number of nitrogens with one attached hydrogen (secondary N) is 1. The fraction of sp³-hybridized carbons (Fsp3) is 0.462. The molecule has 2 aromatic carbocycles. The highest BCUT2D eigenvalue weighted by atomic mass is 16.5. The molecule has 31 heavy (non-hydrogen) atoms. The standard InChI is InChI=1S/C26H33N3O2/c1-18(2)21-10-4-7-13-24(21)31-17-9-8-16-29-23-12-6-5-11-22(23)28-25(29)19(3)27-26(30)20-14-15-20/h4-7,10-13,18-20H,8-9,14-17H2,1-3H3,(H,27,30). The second kappa shape index (κ2) is 9.54. The number of nitrogens with zero attached hydrogens (tertiary/aromatic N) is 2. The van der Waals surface area contributed by atoms with Crippen LogP contribution in [0.4, 0.5) is 0 Å². The summed E-state index contributed by atoms with van der Waals surface area (Å²) in [6.45, 7) is 7.96. The maximum atomic E-state index is 12.3. The molecule has 1 atom stereocenters. The van der Waals surface area contributed by atoms with Crippen LogP contribution in [0.1, 0.15) is 69.8 Å². The Morgan fingerprint density at radius 3 is 2.61 bits per heavy atom. The molecular weight excluding hydrogens is 386 g/mol. The van der Waals surface area contributed by atoms with Crippen LogP contribution in [0.25, 0.3) is 11.0 Å². The van der Waals surface area contributed by atoms with Gasteiger partial charge in [-0.05, 0) is 62.3 Å². The van der Waals surface area contributed by atoms with E-state index in [9.17, 15) is 4.79 Å². The van der Waals surface area contributed by atoms with Crippen molar-refractivity contribution >= 4 is 16.9 Å². The van der Waals surface area contributed by atoms with E-state index in [0.29, 0.717) is 12.5 Å². The zero-order valence-electron chi connectivity index (χ0n) is 18.8. The van der Waals surface area contributed by atoms with Crippen LogP contribution < -0.4 is 10.1 Å². The van der Waals surface area contributed by atoms with Crippen LogP contribution in [0.15, 0.2) is 48.5 Å². The molecule has 5 heteroatoms. The van der Waals surface area contributed by atoms with Gasteiger partial charge in [0.05, 0.1) is 23.7 Å². The van der Waals surface area contributed by atoms with Crippen molar-refractivity contribution in [3.05, 3.63) is 59.9 Å². The molecule has 0 bridgehead atoms. The summed E-state index contributed by atoms with van der Waals surface area (Å²) in [6.07, 6.45) is 3.96. The van der Waals surface area contributed by atoms with Gasteiger partial charge in [0.2, 0.25) is 5.91 Å². The number of para-hydroxylation sites is 3. The molecule has 1 aliphatic carbocycles. The highest BCUT2D eigenvalue weighted by molar-refractivity contribution is 5.81. The van der Waals surface area contributed by atoms with Crippen molar-refractivity contribution in [1.29, 1.82) is 0 Å². The smallest absolute Gasteiger partial charge is 0.223 e. The van der Waals surface area contributed by atoms with Crippen LogP contribution in [0.3, 0.4) is 0 Å². The van der Waals surface area contributed by atoms with E-state index in [1.165, 1.54) is 5.56 Å². The normalized spacial score (nSPS) is 14.7. The lowest BCUT2D eigenvalue weighted by Crippen LogP contribution is -2.29. The summed E-state index contributed by atoms with van der Waals surface area (Å²) in [7, 11) is 0. The van der Waals surface area contributed by atoms with Crippen LogP contribution in [0, 0.1) is 5.92 Å². The Morgan fingerprint density at radius 1 is 1.10 bits per heavy atom. The molecular formula is C26H33N3O2. The SMILES string of the molecule is CC(C)c1ccccc1OCCCCn1c(C(C)NC(=O)C2CC2)nc2ccccc21. The summed E-state index contributed by atoms with van der Waals surface area (Å²) < 4.78 is 8.35. The molecule has 1 unspecified atom stereocenters. The largest absolute Gasteiger partial charge is 0.493 e. The molecule has 0 saturated heterocycles. The minimum absolute atomic E-state index is 0.102. The molecule has 1 N–H and O–H groups in total. The van der Waals surface area contributed by atoms with Crippen molar-refractivity contribution < 1.29 is 9.53 Å². The van der Waals surface area contributed by atoms with Gasteiger partial charge in [-0.15, -0.1) is 0 Å². The zero-order chi connectivity index (χ0) is 21.8. The van der Waals surface area contributed by atoms with Crippen LogP contribution in [0.2, 0.25) is 0 Å². The third-order valence-corrected chi connectivity index (χ3v) is 5.95. The molecule has 1 amide bonds. The number of benzene rings is 2. The molecule has 1 aromatic heterocycles. The summed E-state index contributed by atoms with van der Waals surface area (Å²) in [4.78, 5) is 17.1. The van der Waals surface area contributed by atoms with Gasteiger partial charge in [-0.3, -0.25) is 4.79 Å². The number of amides is 1. The number of carbonyl (C=O) groups excluding carboxylic acids is 1. The van der Waals surface area contributed by atoms with Gasteiger partial charge >= 0.3 is 0 Å². The van der Waals surface area contributed by atoms with E-state index >= 15 is 0 Å². The molecule has 164 valence electrons. The van der Waals surface area contributed by atoms with Gasteiger partial charge in [-0.1, -0.05) is 44.2 Å². The highest BCUT2D eigenvalue weighted by Gasteiger charge is 2.31. The summed E-state index contributed by atoms with van der Waals surface area (Å²) in [5.74, 6) is 2.72. The van der Waals surface area contributed by atoms with E-state index in [1.807, 2.05) is 31.2 Å². The van der Waals surface area contributed by atoms with Crippen LogP contribution in [0.5, 0.6) is 5.75 Å². The summed E-state index contributed by atoms with van der Waals surface area (Å²) in [6, 6.07) is 16.4. The molecule has 4 rings (SSSR count). The molecule has 5 nitrogen and oxygen atoms in total. The quantitative estimate of drug-likeness (QED) is 0.435. The van der Waals surface area contributed by atoms with Crippen LogP contribution in [-0.2, 0) is 11.3 Å². The Morgan fingerprint density at radius 2 is 1.84 bits per heavy atom. The molecule has 1 saturated carbocycles. The number of unbranched alkanes of at least 4 members (excludes halogenated alkanes) is 1. The zero-order valence-corrected chi connectivity index (χ0v) is 18.8. The molecule has 1 fully saturated rings. The number of fused-ring (bicyclic) bond motifs is 1. The van der Waals surface area contributed by atoms with Crippen molar-refractivity contribution in [2.45, 2.75) is 65.0 Å². The number of aryl methyl sites for hydroxylation is 1. The lowest BCUT2D eigenvalue weighted by Gasteiger charge is -2.17. The fourth-order valence-electron chi connectivity index (χ4n) is 4.04. The maximum Gasteiger partial charge on any atom is 0.223 e. The van der Waals surface area contributed by atoms with Gasteiger partial charge in [0.25, 0.3) is 0 Å². The highest BCUT2D eigenvalue weighted by Crippen LogP contribution is 2.30. The number of carbonyl (C=O) groups is 1. The lowest BCUT2D eigenvalue weighted by atomic mass is 10.0. The Bertz CT molecular complexity index is 1040. The van der Waals surface area contributed by atoms with Crippen molar-refractivity contribution in [3.8, 4) is 5.75 Å². The Balaban J connectivity index is 1.39. The van der Waals surface area contributed by atoms with Crippen molar-refractivity contribution in [3.63, 3.8) is 0 Å². The van der Waals surface area contributed by atoms with E-state index in [4.69, 9.17) is 9.72 Å². The third kappa shape index (κ3) is 5.09. The number of ether oxygens (including phenoxy) is 1. The molecule has 1 aliphatic rings. The summed E-state index contributed by atoms with van der Waals surface area (Å²) in [5, 5.41) is 3.15. The minimum atomic E-state index is -0.102. The van der Waals surface area contributed by atoms with Crippen molar-refractivity contribution in [1.82, 2.24) is 14.9 Å². The summed E-state index contributed by atoms with van der Waals surface area (Å²) >= 11 is 0. The predicted molar refractivity (Wildman–Crippen MR) is 124 cm³/mol. The molecule has 0 aliphatic heterocycles. The van der Waals surface area contributed by atoms with E-state index in [-0.39, 0.29) is 17.9 Å². The molecule has 0 radical (unpaired) electrons. The lowest BCUT2D eigenvalue weighted by molar-refractivity contribution is -0.123. The van der Waals surface area contributed by atoms with Gasteiger partial charge in [0.1, 0.15) is 11.6 Å². The second-order valence-electron chi connectivity index (χ2n) is 8.86. The number of aromatic nitrogens is 2. The van der Waals surface area contributed by atoms with Gasteiger partial charge in [0, 0.05) is 12.5 Å². The van der Waals surface area contributed by atoms with Gasteiger partial charge in [-0.2, -0.15) is 0 Å². The third-order valence-electron chi connectivity index (χ3n) is 5.95. The topological polar surface area (TPSA) is 56.1 Å². The molecule has 0 spiro atoms. The number of rotatable bonds is 10. The van der Waals surface area contributed by atoms with Crippen molar-refractivity contribution in [2.75, 3.05) is 6.61 Å². The monoisotopic (exact) mass is 419 g/mol. The maximum absolute atomic E-state index is 12.3. The Hall–Kier alpha value is -2.82. The number of imidazole rings is 1. The predicted octanol–water partition coefficient (Wildman–Crippen LogP) is 5.61. The molecule has 3 aromatic rings. The van der Waals surface area contributed by atoms with E-state index in [1.54, 1.807) is 0 Å². The first-order valence-electron chi connectivity index (χ1n) is 11.5. The van der Waals surface area contributed by atoms with Gasteiger partial charge in [0.15, 0.2) is 0 Å². The average molecular weight is 420 g/mol. The van der Waals surface area contributed by atoms with E-state index < -0.39 is 0 Å².